The summed E-state index contributed by atoms with van der Waals surface area (Å²) in [5, 5.41) is 5.45. The number of urea groups is 1. The van der Waals surface area contributed by atoms with Crippen molar-refractivity contribution in [3.8, 4) is 5.69 Å². The zero-order chi connectivity index (χ0) is 22.3. The van der Waals surface area contributed by atoms with E-state index in [1.54, 1.807) is 30.8 Å². The molecule has 4 amide bonds. The Balaban J connectivity index is 1.54. The molecule has 2 aromatic rings. The molecule has 1 saturated carbocycles. The van der Waals surface area contributed by atoms with Crippen LogP contribution in [0.3, 0.4) is 0 Å². The zero-order valence-corrected chi connectivity index (χ0v) is 18.0. The van der Waals surface area contributed by atoms with Crippen molar-refractivity contribution in [2.75, 3.05) is 11.9 Å². The fourth-order valence-electron chi connectivity index (χ4n) is 4.67. The molecule has 1 saturated heterocycles. The number of aromatic nitrogens is 2. The van der Waals surface area contributed by atoms with Gasteiger partial charge in [-0.3, -0.25) is 24.0 Å². The highest BCUT2D eigenvalue weighted by Gasteiger charge is 2.55. The summed E-state index contributed by atoms with van der Waals surface area (Å²) >= 11 is 0. The smallest absolute Gasteiger partial charge is 0.323 e. The van der Waals surface area contributed by atoms with Gasteiger partial charge < -0.3 is 10.6 Å². The standard InChI is InChI=1S/C22H27N5O4/c1-14-9-7-8-12-22(14)20(30)26(21(31)24-22)13-17(28)23-18-15(2)25(3)27(19(18)29)16-10-5-4-6-11-16/h4-6,10-11,14H,7-9,12-13H2,1-3H3,(H,23,28)(H,24,31)/t14-,22-/m0/s1. The second-order valence-corrected chi connectivity index (χ2v) is 8.42. The summed E-state index contributed by atoms with van der Waals surface area (Å²) in [5.41, 5.74) is 0.0640. The third-order valence-corrected chi connectivity index (χ3v) is 6.62. The summed E-state index contributed by atoms with van der Waals surface area (Å²) in [7, 11) is 1.73. The van der Waals surface area contributed by atoms with E-state index in [1.807, 2.05) is 25.1 Å². The third-order valence-electron chi connectivity index (χ3n) is 6.62. The summed E-state index contributed by atoms with van der Waals surface area (Å²) in [5.74, 6) is -0.929. The summed E-state index contributed by atoms with van der Waals surface area (Å²) in [4.78, 5) is 52.2. The summed E-state index contributed by atoms with van der Waals surface area (Å²) in [6, 6.07) is 8.53. The number of anilines is 1. The Morgan fingerprint density at radius 1 is 1.19 bits per heavy atom. The summed E-state index contributed by atoms with van der Waals surface area (Å²) in [6.45, 7) is 3.25. The average Bonchev–Trinajstić information content (AvgIpc) is 3.11. The highest BCUT2D eigenvalue weighted by molar-refractivity contribution is 6.10. The maximum absolute atomic E-state index is 13.1. The zero-order valence-electron chi connectivity index (χ0n) is 18.0. The topological polar surface area (TPSA) is 105 Å². The van der Waals surface area contributed by atoms with Crippen molar-refractivity contribution >= 4 is 23.5 Å². The Hall–Kier alpha value is -3.36. The number of benzene rings is 1. The number of carbonyl (C=O) groups is 3. The van der Waals surface area contributed by atoms with Gasteiger partial charge >= 0.3 is 6.03 Å². The Kier molecular flexibility index (Phi) is 5.20. The summed E-state index contributed by atoms with van der Waals surface area (Å²) in [6.07, 6.45) is 3.32. The molecule has 4 rings (SSSR count). The van der Waals surface area contributed by atoms with E-state index in [-0.39, 0.29) is 23.1 Å². The van der Waals surface area contributed by atoms with Crippen LogP contribution in [0.25, 0.3) is 5.69 Å². The second kappa shape index (κ2) is 7.72. The lowest BCUT2D eigenvalue weighted by molar-refractivity contribution is -0.136. The van der Waals surface area contributed by atoms with Gasteiger partial charge in [0.05, 0.1) is 11.4 Å². The van der Waals surface area contributed by atoms with Crippen molar-refractivity contribution in [2.24, 2.45) is 13.0 Å². The molecule has 1 aromatic carbocycles. The third kappa shape index (κ3) is 3.34. The molecular weight excluding hydrogens is 398 g/mol. The molecule has 1 aromatic heterocycles. The molecule has 1 aliphatic carbocycles. The minimum atomic E-state index is -0.918. The molecule has 0 bridgehead atoms. The first kappa shape index (κ1) is 20.9. The van der Waals surface area contributed by atoms with E-state index in [4.69, 9.17) is 0 Å². The minimum Gasteiger partial charge on any atom is -0.323 e. The molecule has 2 atom stereocenters. The van der Waals surface area contributed by atoms with Crippen molar-refractivity contribution in [3.63, 3.8) is 0 Å². The Labute approximate surface area is 180 Å². The number of carbonyl (C=O) groups excluding carboxylic acids is 3. The molecule has 0 unspecified atom stereocenters. The molecule has 31 heavy (non-hydrogen) atoms. The largest absolute Gasteiger partial charge is 0.325 e. The molecule has 164 valence electrons. The van der Waals surface area contributed by atoms with E-state index in [0.717, 1.165) is 24.2 Å². The molecule has 2 fully saturated rings. The van der Waals surface area contributed by atoms with Crippen LogP contribution in [0.5, 0.6) is 0 Å². The van der Waals surface area contributed by atoms with Crippen LogP contribution in [-0.2, 0) is 16.6 Å². The van der Waals surface area contributed by atoms with Gasteiger partial charge in [-0.15, -0.1) is 0 Å². The van der Waals surface area contributed by atoms with Gasteiger partial charge in [-0.2, -0.15) is 0 Å². The maximum Gasteiger partial charge on any atom is 0.325 e. The highest BCUT2D eigenvalue weighted by Crippen LogP contribution is 2.38. The van der Waals surface area contributed by atoms with E-state index in [1.165, 1.54) is 4.68 Å². The van der Waals surface area contributed by atoms with Crippen LogP contribution in [-0.4, -0.2) is 44.2 Å². The molecule has 2 aliphatic rings. The van der Waals surface area contributed by atoms with Crippen molar-refractivity contribution in [1.82, 2.24) is 19.6 Å². The van der Waals surface area contributed by atoms with Crippen LogP contribution in [0.2, 0.25) is 0 Å². The van der Waals surface area contributed by atoms with E-state index in [9.17, 15) is 19.2 Å². The van der Waals surface area contributed by atoms with Gasteiger partial charge in [0.1, 0.15) is 17.8 Å². The first-order valence-corrected chi connectivity index (χ1v) is 10.5. The van der Waals surface area contributed by atoms with E-state index in [2.05, 4.69) is 10.6 Å². The van der Waals surface area contributed by atoms with Gasteiger partial charge in [-0.25, -0.2) is 9.48 Å². The van der Waals surface area contributed by atoms with Crippen molar-refractivity contribution in [1.29, 1.82) is 0 Å². The van der Waals surface area contributed by atoms with Crippen LogP contribution in [0, 0.1) is 12.8 Å². The van der Waals surface area contributed by atoms with Gasteiger partial charge in [-0.05, 0) is 37.8 Å². The predicted molar refractivity (Wildman–Crippen MR) is 115 cm³/mol. The average molecular weight is 425 g/mol. The number of para-hydroxylation sites is 1. The fraction of sp³-hybridized carbons (Fsp3) is 0.455. The molecular formula is C22H27N5O4. The van der Waals surface area contributed by atoms with E-state index in [0.29, 0.717) is 17.8 Å². The SMILES string of the molecule is Cc1c(NC(=O)CN2C(=O)N[C@]3(CCCC[C@@H]3C)C2=O)c(=O)n(-c2ccccc2)n1C. The quantitative estimate of drug-likeness (QED) is 0.730. The van der Waals surface area contributed by atoms with Gasteiger partial charge in [-0.1, -0.05) is 38.0 Å². The first-order chi connectivity index (χ1) is 14.8. The van der Waals surface area contributed by atoms with Crippen LogP contribution in [0.4, 0.5) is 10.5 Å². The van der Waals surface area contributed by atoms with E-state index < -0.39 is 24.0 Å². The highest BCUT2D eigenvalue weighted by atomic mass is 16.2. The van der Waals surface area contributed by atoms with Gasteiger partial charge in [0.25, 0.3) is 11.5 Å². The number of hydrogen-bond donors (Lipinski definition) is 2. The lowest BCUT2D eigenvalue weighted by Crippen LogP contribution is -2.54. The number of hydrogen-bond acceptors (Lipinski definition) is 4. The Bertz CT molecular complexity index is 1100. The van der Waals surface area contributed by atoms with Crippen LogP contribution < -0.4 is 16.2 Å². The molecule has 2 N–H and O–H groups in total. The number of imide groups is 1. The fourth-order valence-corrected chi connectivity index (χ4v) is 4.67. The van der Waals surface area contributed by atoms with Gasteiger partial charge in [0.2, 0.25) is 5.91 Å². The van der Waals surface area contributed by atoms with Crippen molar-refractivity contribution in [2.45, 2.75) is 45.1 Å². The Morgan fingerprint density at radius 2 is 1.90 bits per heavy atom. The normalized spacial score (nSPS) is 23.3. The van der Waals surface area contributed by atoms with Crippen molar-refractivity contribution in [3.05, 3.63) is 46.4 Å². The molecule has 1 aliphatic heterocycles. The van der Waals surface area contributed by atoms with Crippen molar-refractivity contribution < 1.29 is 14.4 Å². The lowest BCUT2D eigenvalue weighted by Gasteiger charge is -2.36. The number of nitrogens with zero attached hydrogens (tertiary/aromatic N) is 3. The van der Waals surface area contributed by atoms with Gasteiger partial charge in [0, 0.05) is 7.05 Å². The second-order valence-electron chi connectivity index (χ2n) is 8.42. The molecule has 0 radical (unpaired) electrons. The molecule has 1 spiro atoms. The van der Waals surface area contributed by atoms with Crippen LogP contribution in [0.15, 0.2) is 35.1 Å². The van der Waals surface area contributed by atoms with Gasteiger partial charge in [0.15, 0.2) is 0 Å². The van der Waals surface area contributed by atoms with E-state index >= 15 is 0 Å². The molecule has 9 heteroatoms. The number of amides is 4. The number of rotatable bonds is 4. The first-order valence-electron chi connectivity index (χ1n) is 10.5. The number of nitrogens with one attached hydrogen (secondary N) is 2. The Morgan fingerprint density at radius 3 is 2.58 bits per heavy atom. The monoisotopic (exact) mass is 425 g/mol. The van der Waals surface area contributed by atoms with Crippen LogP contribution in [0.1, 0.15) is 38.3 Å². The predicted octanol–water partition coefficient (Wildman–Crippen LogP) is 1.92. The lowest BCUT2D eigenvalue weighted by atomic mass is 9.73. The molecule has 2 heterocycles. The van der Waals surface area contributed by atoms with Crippen LogP contribution >= 0.6 is 0 Å². The minimum absolute atomic E-state index is 0.0141. The maximum atomic E-state index is 13.1. The molecule has 9 nitrogen and oxygen atoms in total. The summed E-state index contributed by atoms with van der Waals surface area (Å²) < 4.78 is 3.11.